The molecule has 8 nitrogen and oxygen atoms in total. The van der Waals surface area contributed by atoms with Gasteiger partial charge < -0.3 is 10.4 Å². The molecule has 0 aliphatic carbocycles. The van der Waals surface area contributed by atoms with Gasteiger partial charge in [0.05, 0.1) is 29.7 Å². The minimum Gasteiger partial charge on any atom is -0.388 e. The SMILES string of the molecule is CC(NC(=O)c1cc(-c2ccc(Cl)cc2)nn(-c2cnn(C(F)F)c2)c1=O)C(C)(C)O. The number of alkyl halides is 2. The van der Waals surface area contributed by atoms with Gasteiger partial charge in [-0.05, 0) is 39.0 Å². The van der Waals surface area contributed by atoms with Crippen LogP contribution < -0.4 is 10.9 Å². The van der Waals surface area contributed by atoms with E-state index in [-0.39, 0.29) is 16.9 Å². The molecule has 1 aromatic carbocycles. The van der Waals surface area contributed by atoms with Gasteiger partial charge in [0.25, 0.3) is 11.5 Å². The number of aromatic nitrogens is 4. The highest BCUT2D eigenvalue weighted by molar-refractivity contribution is 6.30. The van der Waals surface area contributed by atoms with Crippen LogP contribution in [0.15, 0.2) is 47.5 Å². The maximum absolute atomic E-state index is 13.0. The molecule has 1 unspecified atom stereocenters. The highest BCUT2D eigenvalue weighted by Gasteiger charge is 2.26. The molecule has 2 aromatic heterocycles. The number of halogens is 3. The molecule has 0 radical (unpaired) electrons. The van der Waals surface area contributed by atoms with Gasteiger partial charge in [0.2, 0.25) is 0 Å². The first-order chi connectivity index (χ1) is 14.5. The number of amides is 1. The predicted octanol–water partition coefficient (Wildman–Crippen LogP) is 3.03. The lowest BCUT2D eigenvalue weighted by atomic mass is 10.0. The maximum atomic E-state index is 13.0. The first-order valence-corrected chi connectivity index (χ1v) is 9.61. The highest BCUT2D eigenvalue weighted by Crippen LogP contribution is 2.21. The van der Waals surface area contributed by atoms with Crippen LogP contribution in [0, 0.1) is 0 Å². The molecule has 11 heteroatoms. The van der Waals surface area contributed by atoms with Gasteiger partial charge in [0.15, 0.2) is 0 Å². The number of hydrogen-bond donors (Lipinski definition) is 2. The molecule has 0 spiro atoms. The topological polar surface area (TPSA) is 102 Å². The zero-order valence-electron chi connectivity index (χ0n) is 16.9. The number of carbonyl (C=O) groups excluding carboxylic acids is 1. The van der Waals surface area contributed by atoms with Crippen LogP contribution in [0.25, 0.3) is 16.9 Å². The molecule has 0 aliphatic rings. The van der Waals surface area contributed by atoms with E-state index in [1.54, 1.807) is 31.2 Å². The number of aliphatic hydroxyl groups is 1. The number of hydrogen-bond acceptors (Lipinski definition) is 5. The summed E-state index contributed by atoms with van der Waals surface area (Å²) in [6.07, 6.45) is 2.00. The van der Waals surface area contributed by atoms with Crippen LogP contribution >= 0.6 is 11.6 Å². The number of rotatable bonds is 6. The van der Waals surface area contributed by atoms with E-state index >= 15 is 0 Å². The summed E-state index contributed by atoms with van der Waals surface area (Å²) in [6, 6.07) is 7.12. The van der Waals surface area contributed by atoms with Crippen LogP contribution in [-0.2, 0) is 0 Å². The molecule has 0 aliphatic heterocycles. The molecule has 31 heavy (non-hydrogen) atoms. The number of benzene rings is 1. The van der Waals surface area contributed by atoms with Crippen molar-refractivity contribution in [1.82, 2.24) is 24.9 Å². The Morgan fingerprint density at radius 1 is 1.26 bits per heavy atom. The van der Waals surface area contributed by atoms with Crippen molar-refractivity contribution < 1.29 is 18.7 Å². The summed E-state index contributed by atoms with van der Waals surface area (Å²) in [6.45, 7) is 1.71. The quantitative estimate of drug-likeness (QED) is 0.599. The Hall–Kier alpha value is -3.11. The van der Waals surface area contributed by atoms with Crippen molar-refractivity contribution in [3.8, 4) is 16.9 Å². The van der Waals surface area contributed by atoms with Gasteiger partial charge in [-0.2, -0.15) is 23.7 Å². The lowest BCUT2D eigenvalue weighted by Crippen LogP contribution is -2.48. The summed E-state index contributed by atoms with van der Waals surface area (Å²) in [5.74, 6) is -0.743. The lowest BCUT2D eigenvalue weighted by Gasteiger charge is -2.26. The van der Waals surface area contributed by atoms with Gasteiger partial charge in [0.1, 0.15) is 11.3 Å². The average Bonchev–Trinajstić information content (AvgIpc) is 3.18. The van der Waals surface area contributed by atoms with Gasteiger partial charge >= 0.3 is 6.55 Å². The summed E-state index contributed by atoms with van der Waals surface area (Å²) in [5.41, 5.74) is -1.59. The van der Waals surface area contributed by atoms with Crippen molar-refractivity contribution in [1.29, 1.82) is 0 Å². The Balaban J connectivity index is 2.14. The molecular weight excluding hydrogens is 432 g/mol. The predicted molar refractivity (Wildman–Crippen MR) is 111 cm³/mol. The van der Waals surface area contributed by atoms with Crippen molar-refractivity contribution >= 4 is 17.5 Å². The largest absolute Gasteiger partial charge is 0.388 e. The second-order valence-electron chi connectivity index (χ2n) is 7.47. The Morgan fingerprint density at radius 2 is 1.90 bits per heavy atom. The second kappa shape index (κ2) is 8.56. The van der Waals surface area contributed by atoms with Gasteiger partial charge in [-0.3, -0.25) is 9.59 Å². The zero-order chi connectivity index (χ0) is 22.9. The Bertz CT molecular complexity index is 1150. The van der Waals surface area contributed by atoms with Gasteiger partial charge in [-0.15, -0.1) is 0 Å². The normalized spacial score (nSPS) is 12.8. The minimum absolute atomic E-state index is 0.0364. The first kappa shape index (κ1) is 22.6. The summed E-state index contributed by atoms with van der Waals surface area (Å²) < 4.78 is 27.1. The maximum Gasteiger partial charge on any atom is 0.333 e. The Morgan fingerprint density at radius 3 is 2.45 bits per heavy atom. The Labute approximate surface area is 181 Å². The fourth-order valence-electron chi connectivity index (χ4n) is 2.59. The zero-order valence-corrected chi connectivity index (χ0v) is 17.6. The molecule has 2 heterocycles. The van der Waals surface area contributed by atoms with Crippen molar-refractivity contribution in [3.63, 3.8) is 0 Å². The third kappa shape index (κ3) is 4.97. The third-order valence-electron chi connectivity index (χ3n) is 4.74. The van der Waals surface area contributed by atoms with Gasteiger partial charge in [-0.1, -0.05) is 23.7 Å². The molecular formula is C20H20ClF2N5O3. The minimum atomic E-state index is -2.90. The number of nitrogens with one attached hydrogen (secondary N) is 1. The van der Waals surface area contributed by atoms with E-state index in [2.05, 4.69) is 15.5 Å². The van der Waals surface area contributed by atoms with E-state index in [0.29, 0.717) is 15.3 Å². The van der Waals surface area contributed by atoms with E-state index in [1.165, 1.54) is 19.9 Å². The van der Waals surface area contributed by atoms with Gasteiger partial charge in [0, 0.05) is 10.6 Å². The van der Waals surface area contributed by atoms with E-state index < -0.39 is 29.7 Å². The van der Waals surface area contributed by atoms with E-state index in [1.807, 2.05) is 0 Å². The van der Waals surface area contributed by atoms with Crippen LogP contribution in [0.5, 0.6) is 0 Å². The second-order valence-corrected chi connectivity index (χ2v) is 7.91. The fourth-order valence-corrected chi connectivity index (χ4v) is 2.72. The van der Waals surface area contributed by atoms with Crippen molar-refractivity contribution in [2.75, 3.05) is 0 Å². The van der Waals surface area contributed by atoms with Crippen molar-refractivity contribution in [2.45, 2.75) is 39.0 Å². The van der Waals surface area contributed by atoms with Crippen molar-refractivity contribution in [3.05, 3.63) is 63.7 Å². The molecule has 3 aromatic rings. The van der Waals surface area contributed by atoms with Gasteiger partial charge in [-0.25, -0.2) is 4.68 Å². The van der Waals surface area contributed by atoms with Crippen molar-refractivity contribution in [2.24, 2.45) is 0 Å². The molecule has 3 rings (SSSR count). The Kier molecular flexibility index (Phi) is 6.23. The number of nitrogens with zero attached hydrogens (tertiary/aromatic N) is 4. The molecule has 1 amide bonds. The van der Waals surface area contributed by atoms with Crippen LogP contribution in [0.4, 0.5) is 8.78 Å². The first-order valence-electron chi connectivity index (χ1n) is 9.23. The molecule has 2 N–H and O–H groups in total. The van der Waals surface area contributed by atoms with Crippen LogP contribution in [0.1, 0.15) is 37.7 Å². The summed E-state index contributed by atoms with van der Waals surface area (Å²) in [7, 11) is 0. The molecule has 0 saturated carbocycles. The van der Waals surface area contributed by atoms with E-state index in [4.69, 9.17) is 11.6 Å². The molecule has 0 saturated heterocycles. The monoisotopic (exact) mass is 451 g/mol. The third-order valence-corrected chi connectivity index (χ3v) is 4.99. The van der Waals surface area contributed by atoms with Crippen LogP contribution in [0.3, 0.4) is 0 Å². The lowest BCUT2D eigenvalue weighted by molar-refractivity contribution is 0.0408. The molecule has 0 fully saturated rings. The van der Waals surface area contributed by atoms with E-state index in [9.17, 15) is 23.5 Å². The molecule has 164 valence electrons. The molecule has 0 bridgehead atoms. The smallest absolute Gasteiger partial charge is 0.333 e. The van der Waals surface area contributed by atoms with E-state index in [0.717, 1.165) is 17.1 Å². The summed E-state index contributed by atoms with van der Waals surface area (Å²) in [5, 5.41) is 20.9. The molecule has 1 atom stereocenters. The standard InChI is InChI=1S/C20H20ClF2N5O3/c1-11(20(2,3)31)25-17(29)15-8-16(12-4-6-13(21)7-5-12)26-28(18(15)30)14-9-24-27(10-14)19(22)23/h4-11,19,31H,1-3H3,(H,25,29). The summed E-state index contributed by atoms with van der Waals surface area (Å²) >= 11 is 5.92. The summed E-state index contributed by atoms with van der Waals surface area (Å²) in [4.78, 5) is 25.8. The van der Waals surface area contributed by atoms with Crippen LogP contribution in [0.2, 0.25) is 5.02 Å². The average molecular weight is 452 g/mol. The highest BCUT2D eigenvalue weighted by atomic mass is 35.5. The number of carbonyl (C=O) groups is 1. The fraction of sp³-hybridized carbons (Fsp3) is 0.300. The van der Waals surface area contributed by atoms with Crippen LogP contribution in [-0.4, -0.2) is 42.2 Å².